The lowest BCUT2D eigenvalue weighted by Crippen LogP contribution is -2.39. The molecule has 0 spiro atoms. The Morgan fingerprint density at radius 2 is 2.19 bits per heavy atom. The molecule has 32 heavy (non-hydrogen) atoms. The topological polar surface area (TPSA) is 98.2 Å². The molecule has 1 saturated heterocycles. The molecular weight excluding hydrogens is 418 g/mol. The van der Waals surface area contributed by atoms with Crippen LogP contribution < -0.4 is 10.6 Å². The van der Waals surface area contributed by atoms with Gasteiger partial charge in [-0.25, -0.2) is 18.8 Å². The summed E-state index contributed by atoms with van der Waals surface area (Å²) >= 11 is 0. The first kappa shape index (κ1) is 22.2. The molecule has 4 heterocycles. The van der Waals surface area contributed by atoms with Crippen molar-refractivity contribution in [2.75, 3.05) is 26.4 Å². The van der Waals surface area contributed by atoms with Crippen LogP contribution in [-0.4, -0.2) is 58.7 Å². The number of nitrogens with two attached hydrogens (primary N) is 1. The van der Waals surface area contributed by atoms with E-state index in [1.807, 2.05) is 12.3 Å². The summed E-state index contributed by atoms with van der Waals surface area (Å²) in [6.45, 7) is 5.27. The molecule has 0 radical (unpaired) electrons. The lowest BCUT2D eigenvalue weighted by Gasteiger charge is -2.32. The number of aliphatic imine (C=N–C) groups is 1. The highest BCUT2D eigenvalue weighted by atomic mass is 19.3. The molecule has 2 aromatic heterocycles. The van der Waals surface area contributed by atoms with Gasteiger partial charge < -0.3 is 15.3 Å². The van der Waals surface area contributed by atoms with E-state index < -0.39 is 6.43 Å². The van der Waals surface area contributed by atoms with Crippen LogP contribution in [-0.2, 0) is 17.7 Å². The number of hydrazone groups is 1. The molecule has 2 aliphatic rings. The second-order valence-corrected chi connectivity index (χ2v) is 7.83. The maximum Gasteiger partial charge on any atom is 0.280 e. The van der Waals surface area contributed by atoms with Gasteiger partial charge in [-0.1, -0.05) is 0 Å². The minimum Gasteiger partial charge on any atom is -0.471 e. The molecule has 1 unspecified atom stereocenters. The summed E-state index contributed by atoms with van der Waals surface area (Å²) in [7, 11) is 0. The number of aromatic nitrogens is 2. The Bertz CT molecular complexity index is 990. The molecule has 0 aliphatic carbocycles. The lowest BCUT2D eigenvalue weighted by atomic mass is 10.0. The van der Waals surface area contributed by atoms with E-state index >= 15 is 0 Å². The standard InChI is InChI=1S/C22H26F2N6O2/c1-14(29-25)20(28-17-2-3-19(22(23)24)26-10-17)13-32-21-8-15-4-6-30(11-16(15)9-27-21)18-5-7-31-12-18/h2-3,8-10,18,22H,4-7,11-13,25H2,1H3/b28-20?,29-14-. The Balaban J connectivity index is 1.43. The van der Waals surface area contributed by atoms with Gasteiger partial charge in [-0.3, -0.25) is 9.88 Å². The van der Waals surface area contributed by atoms with E-state index in [1.165, 1.54) is 29.5 Å². The molecule has 0 bridgehead atoms. The zero-order valence-corrected chi connectivity index (χ0v) is 17.9. The van der Waals surface area contributed by atoms with Crippen LogP contribution >= 0.6 is 0 Å². The van der Waals surface area contributed by atoms with Crippen LogP contribution in [0.2, 0.25) is 0 Å². The van der Waals surface area contributed by atoms with Gasteiger partial charge in [0.25, 0.3) is 6.43 Å². The summed E-state index contributed by atoms with van der Waals surface area (Å²) < 4.78 is 36.8. The van der Waals surface area contributed by atoms with Gasteiger partial charge in [0.05, 0.1) is 24.2 Å². The molecule has 0 amide bonds. The smallest absolute Gasteiger partial charge is 0.280 e. The fourth-order valence-corrected chi connectivity index (χ4v) is 3.82. The van der Waals surface area contributed by atoms with E-state index in [1.54, 1.807) is 6.92 Å². The molecule has 170 valence electrons. The molecule has 2 N–H and O–H groups in total. The second kappa shape index (κ2) is 10.1. The molecular formula is C22H26F2N6O2. The molecule has 2 aromatic rings. The number of ether oxygens (including phenoxy) is 2. The van der Waals surface area contributed by atoms with E-state index in [2.05, 4.69) is 25.0 Å². The Labute approximate surface area is 185 Å². The van der Waals surface area contributed by atoms with Crippen molar-refractivity contribution in [3.8, 4) is 5.88 Å². The van der Waals surface area contributed by atoms with Gasteiger partial charge in [0.2, 0.25) is 5.88 Å². The quantitative estimate of drug-likeness (QED) is 0.400. The second-order valence-electron chi connectivity index (χ2n) is 7.83. The van der Waals surface area contributed by atoms with Crippen LogP contribution in [0.1, 0.15) is 36.6 Å². The third kappa shape index (κ3) is 5.25. The summed E-state index contributed by atoms with van der Waals surface area (Å²) in [5.74, 6) is 5.91. The first-order valence-corrected chi connectivity index (χ1v) is 10.5. The minimum atomic E-state index is -2.63. The Kier molecular flexibility index (Phi) is 7.01. The number of nitrogens with zero attached hydrogens (tertiary/aromatic N) is 5. The van der Waals surface area contributed by atoms with Crippen LogP contribution in [0, 0.1) is 0 Å². The third-order valence-electron chi connectivity index (χ3n) is 5.75. The zero-order valence-electron chi connectivity index (χ0n) is 17.9. The van der Waals surface area contributed by atoms with E-state index in [9.17, 15) is 8.78 Å². The largest absolute Gasteiger partial charge is 0.471 e. The van der Waals surface area contributed by atoms with Gasteiger partial charge in [0, 0.05) is 38.0 Å². The SMILES string of the molecule is C/C(=N/N)C(COc1cc2c(cn1)CN(C1CCOC1)CC2)=Nc1ccc(C(F)F)nc1. The molecule has 1 fully saturated rings. The van der Waals surface area contributed by atoms with Crippen molar-refractivity contribution in [2.45, 2.75) is 38.8 Å². The molecule has 4 rings (SSSR count). The fraction of sp³-hybridized carbons (Fsp3) is 0.455. The fourth-order valence-electron chi connectivity index (χ4n) is 3.82. The Hall–Kier alpha value is -2.98. The lowest BCUT2D eigenvalue weighted by molar-refractivity contribution is 0.134. The molecule has 8 nitrogen and oxygen atoms in total. The molecule has 2 aliphatic heterocycles. The highest BCUT2D eigenvalue weighted by Crippen LogP contribution is 2.25. The van der Waals surface area contributed by atoms with Gasteiger partial charge in [-0.15, -0.1) is 0 Å². The molecule has 1 atom stereocenters. The maximum atomic E-state index is 12.7. The number of halogens is 2. The van der Waals surface area contributed by atoms with Crippen LogP contribution in [0.5, 0.6) is 5.88 Å². The predicted octanol–water partition coefficient (Wildman–Crippen LogP) is 3.05. The summed E-state index contributed by atoms with van der Waals surface area (Å²) in [5.41, 5.74) is 3.46. The average molecular weight is 444 g/mol. The number of fused-ring (bicyclic) bond motifs is 1. The van der Waals surface area contributed by atoms with Crippen LogP contribution in [0.25, 0.3) is 0 Å². The highest BCUT2D eigenvalue weighted by Gasteiger charge is 2.27. The van der Waals surface area contributed by atoms with Gasteiger partial charge in [-0.2, -0.15) is 5.10 Å². The Morgan fingerprint density at radius 3 is 2.88 bits per heavy atom. The maximum absolute atomic E-state index is 12.7. The Morgan fingerprint density at radius 1 is 1.31 bits per heavy atom. The van der Waals surface area contributed by atoms with Crippen molar-refractivity contribution < 1.29 is 18.3 Å². The van der Waals surface area contributed by atoms with Gasteiger partial charge in [0.1, 0.15) is 18.0 Å². The monoisotopic (exact) mass is 444 g/mol. The van der Waals surface area contributed by atoms with Gasteiger partial charge in [-0.05, 0) is 43.0 Å². The summed E-state index contributed by atoms with van der Waals surface area (Å²) in [6, 6.07) is 5.16. The number of alkyl halides is 2. The van der Waals surface area contributed by atoms with Crippen molar-refractivity contribution in [3.05, 3.63) is 47.4 Å². The summed E-state index contributed by atoms with van der Waals surface area (Å²) in [4.78, 5) is 15.0. The summed E-state index contributed by atoms with van der Waals surface area (Å²) in [6.07, 6.45) is 2.52. The van der Waals surface area contributed by atoms with Crippen molar-refractivity contribution >= 4 is 17.1 Å². The van der Waals surface area contributed by atoms with Crippen molar-refractivity contribution in [3.63, 3.8) is 0 Å². The minimum absolute atomic E-state index is 0.0838. The molecule has 0 saturated carbocycles. The van der Waals surface area contributed by atoms with Gasteiger partial charge in [0.15, 0.2) is 0 Å². The molecule has 10 heteroatoms. The number of hydrogen-bond donors (Lipinski definition) is 1. The number of rotatable bonds is 7. The summed E-state index contributed by atoms with van der Waals surface area (Å²) in [5, 5.41) is 3.69. The highest BCUT2D eigenvalue weighted by molar-refractivity contribution is 6.42. The van der Waals surface area contributed by atoms with E-state index in [0.29, 0.717) is 29.0 Å². The van der Waals surface area contributed by atoms with E-state index in [4.69, 9.17) is 15.3 Å². The average Bonchev–Trinajstić information content (AvgIpc) is 3.36. The van der Waals surface area contributed by atoms with Crippen molar-refractivity contribution in [2.24, 2.45) is 15.9 Å². The normalized spacial score (nSPS) is 19.9. The number of pyridine rings is 2. The van der Waals surface area contributed by atoms with Crippen LogP contribution in [0.15, 0.2) is 40.7 Å². The third-order valence-corrected chi connectivity index (χ3v) is 5.75. The first-order chi connectivity index (χ1) is 15.5. The zero-order chi connectivity index (χ0) is 22.5. The van der Waals surface area contributed by atoms with E-state index in [-0.39, 0.29) is 12.3 Å². The van der Waals surface area contributed by atoms with Crippen molar-refractivity contribution in [1.82, 2.24) is 14.9 Å². The van der Waals surface area contributed by atoms with E-state index in [0.717, 1.165) is 39.1 Å². The molecule has 0 aromatic carbocycles. The van der Waals surface area contributed by atoms with Crippen molar-refractivity contribution in [1.29, 1.82) is 0 Å². The predicted molar refractivity (Wildman–Crippen MR) is 117 cm³/mol. The van der Waals surface area contributed by atoms with Gasteiger partial charge >= 0.3 is 0 Å². The number of hydrogen-bond acceptors (Lipinski definition) is 8. The van der Waals surface area contributed by atoms with Crippen LogP contribution in [0.4, 0.5) is 14.5 Å². The van der Waals surface area contributed by atoms with Crippen LogP contribution in [0.3, 0.4) is 0 Å². The first-order valence-electron chi connectivity index (χ1n) is 10.5.